The third kappa shape index (κ3) is 5.20. The van der Waals surface area contributed by atoms with Crippen LogP contribution in [-0.2, 0) is 6.42 Å². The number of hydrogen-bond donors (Lipinski definition) is 1. The van der Waals surface area contributed by atoms with Gasteiger partial charge in [0.15, 0.2) is 0 Å². The first-order chi connectivity index (χ1) is 13.7. The predicted octanol–water partition coefficient (Wildman–Crippen LogP) is 4.36. The molecule has 3 rings (SSSR count). The number of rotatable bonds is 9. The van der Waals surface area contributed by atoms with Crippen molar-refractivity contribution in [2.45, 2.75) is 6.42 Å². The molecule has 0 saturated heterocycles. The topological polar surface area (TPSA) is 60.5 Å². The highest BCUT2D eigenvalue weighted by atomic mass is 32.1. The molecule has 0 spiro atoms. The smallest absolute Gasteiger partial charge is 0.270 e. The quantitative estimate of drug-likeness (QED) is 0.548. The van der Waals surface area contributed by atoms with Crippen LogP contribution in [0.5, 0.6) is 11.5 Å². The highest BCUT2D eigenvalue weighted by Gasteiger charge is 2.12. The summed E-state index contributed by atoms with van der Waals surface area (Å²) in [6.45, 7) is 4.64. The molecule has 0 fully saturated rings. The summed E-state index contributed by atoms with van der Waals surface area (Å²) in [5, 5.41) is 5.47. The SMILES string of the molecule is C=CCOc1cccc(-c2nc(C(=O)NCCc3ccc(OC)cc3)cs2)c1. The summed E-state index contributed by atoms with van der Waals surface area (Å²) in [4.78, 5) is 16.8. The van der Waals surface area contributed by atoms with Crippen molar-refractivity contribution in [3.05, 3.63) is 77.8 Å². The molecule has 1 heterocycles. The first kappa shape index (κ1) is 19.6. The van der Waals surface area contributed by atoms with Crippen LogP contribution in [0.3, 0.4) is 0 Å². The van der Waals surface area contributed by atoms with Crippen LogP contribution in [0.4, 0.5) is 0 Å². The normalized spacial score (nSPS) is 10.3. The zero-order chi connectivity index (χ0) is 19.8. The van der Waals surface area contributed by atoms with Gasteiger partial charge in [-0.15, -0.1) is 11.3 Å². The molecule has 0 radical (unpaired) electrons. The lowest BCUT2D eigenvalue weighted by molar-refractivity contribution is 0.0950. The van der Waals surface area contributed by atoms with Crippen LogP contribution in [0.25, 0.3) is 10.6 Å². The number of carbonyl (C=O) groups excluding carboxylic acids is 1. The molecule has 1 aromatic heterocycles. The number of amides is 1. The van der Waals surface area contributed by atoms with Gasteiger partial charge in [-0.2, -0.15) is 0 Å². The molecule has 3 aromatic rings. The fraction of sp³-hybridized carbons (Fsp3) is 0.182. The number of nitrogens with one attached hydrogen (secondary N) is 1. The summed E-state index contributed by atoms with van der Waals surface area (Å²) in [6, 6.07) is 15.5. The van der Waals surface area contributed by atoms with Crippen molar-refractivity contribution in [2.24, 2.45) is 0 Å². The first-order valence-corrected chi connectivity index (χ1v) is 9.78. The summed E-state index contributed by atoms with van der Waals surface area (Å²) in [5.41, 5.74) is 2.48. The number of nitrogens with zero attached hydrogens (tertiary/aromatic N) is 1. The van der Waals surface area contributed by atoms with Crippen LogP contribution < -0.4 is 14.8 Å². The van der Waals surface area contributed by atoms with E-state index >= 15 is 0 Å². The number of ether oxygens (including phenoxy) is 2. The maximum absolute atomic E-state index is 12.4. The van der Waals surface area contributed by atoms with E-state index in [2.05, 4.69) is 16.9 Å². The summed E-state index contributed by atoms with van der Waals surface area (Å²) >= 11 is 1.44. The number of aromatic nitrogens is 1. The standard InChI is InChI=1S/C22H22N2O3S/c1-3-13-27-19-6-4-5-17(14-19)22-24-20(15-28-22)21(25)23-12-11-16-7-9-18(26-2)10-8-16/h3-10,14-15H,1,11-13H2,2H3,(H,23,25). The Kier molecular flexibility index (Phi) is 6.81. The van der Waals surface area contributed by atoms with Gasteiger partial charge >= 0.3 is 0 Å². The Labute approximate surface area is 168 Å². The summed E-state index contributed by atoms with van der Waals surface area (Å²) in [6.07, 6.45) is 2.44. The third-order valence-electron chi connectivity index (χ3n) is 4.04. The van der Waals surface area contributed by atoms with Crippen molar-refractivity contribution in [3.8, 4) is 22.1 Å². The minimum absolute atomic E-state index is 0.171. The zero-order valence-corrected chi connectivity index (χ0v) is 16.5. The molecule has 0 unspecified atom stereocenters. The molecule has 144 valence electrons. The van der Waals surface area contributed by atoms with E-state index in [1.54, 1.807) is 18.6 Å². The molecule has 6 heteroatoms. The third-order valence-corrected chi connectivity index (χ3v) is 4.94. The number of methoxy groups -OCH3 is 1. The van der Waals surface area contributed by atoms with Gasteiger partial charge in [-0.05, 0) is 36.2 Å². The van der Waals surface area contributed by atoms with Crippen molar-refractivity contribution in [1.29, 1.82) is 0 Å². The van der Waals surface area contributed by atoms with Crippen molar-refractivity contribution in [2.75, 3.05) is 20.3 Å². The average molecular weight is 394 g/mol. The second kappa shape index (κ2) is 9.71. The first-order valence-electron chi connectivity index (χ1n) is 8.90. The number of thiazole rings is 1. The molecule has 0 saturated carbocycles. The van der Waals surface area contributed by atoms with Crippen LogP contribution in [-0.4, -0.2) is 31.2 Å². The number of carbonyl (C=O) groups is 1. The van der Waals surface area contributed by atoms with E-state index in [-0.39, 0.29) is 5.91 Å². The summed E-state index contributed by atoms with van der Waals surface area (Å²) in [5.74, 6) is 1.40. The Morgan fingerprint density at radius 2 is 2.04 bits per heavy atom. The Bertz CT molecular complexity index is 935. The Morgan fingerprint density at radius 3 is 2.79 bits per heavy atom. The molecular weight excluding hydrogens is 372 g/mol. The molecule has 0 aliphatic carbocycles. The van der Waals surface area contributed by atoms with Gasteiger partial charge in [-0.3, -0.25) is 4.79 Å². The van der Waals surface area contributed by atoms with Crippen LogP contribution in [0.1, 0.15) is 16.1 Å². The van der Waals surface area contributed by atoms with Gasteiger partial charge in [0.1, 0.15) is 28.8 Å². The van der Waals surface area contributed by atoms with E-state index < -0.39 is 0 Å². The lowest BCUT2D eigenvalue weighted by Gasteiger charge is -2.05. The van der Waals surface area contributed by atoms with Gasteiger partial charge in [0.25, 0.3) is 5.91 Å². The minimum atomic E-state index is -0.171. The summed E-state index contributed by atoms with van der Waals surface area (Å²) in [7, 11) is 1.64. The van der Waals surface area contributed by atoms with Crippen molar-refractivity contribution < 1.29 is 14.3 Å². The molecule has 5 nitrogen and oxygen atoms in total. The van der Waals surface area contributed by atoms with Gasteiger partial charge in [0.2, 0.25) is 0 Å². The van der Waals surface area contributed by atoms with Crippen LogP contribution in [0, 0.1) is 0 Å². The second-order valence-corrected chi connectivity index (χ2v) is 6.88. The molecule has 0 aliphatic heterocycles. The van der Waals surface area contributed by atoms with E-state index in [1.807, 2.05) is 48.5 Å². The highest BCUT2D eigenvalue weighted by Crippen LogP contribution is 2.27. The van der Waals surface area contributed by atoms with Crippen molar-refractivity contribution in [1.82, 2.24) is 10.3 Å². The fourth-order valence-corrected chi connectivity index (χ4v) is 3.38. The Balaban J connectivity index is 1.57. The van der Waals surface area contributed by atoms with Gasteiger partial charge in [-0.25, -0.2) is 4.98 Å². The fourth-order valence-electron chi connectivity index (χ4n) is 2.59. The highest BCUT2D eigenvalue weighted by molar-refractivity contribution is 7.13. The molecular formula is C22H22N2O3S. The monoisotopic (exact) mass is 394 g/mol. The maximum atomic E-state index is 12.4. The van der Waals surface area contributed by atoms with Crippen LogP contribution in [0.2, 0.25) is 0 Å². The van der Waals surface area contributed by atoms with Gasteiger partial charge in [0, 0.05) is 17.5 Å². The molecule has 1 N–H and O–H groups in total. The largest absolute Gasteiger partial charge is 0.497 e. The van der Waals surface area contributed by atoms with Gasteiger partial charge < -0.3 is 14.8 Å². The van der Waals surface area contributed by atoms with Crippen molar-refractivity contribution in [3.63, 3.8) is 0 Å². The van der Waals surface area contributed by atoms with E-state index in [1.165, 1.54) is 11.3 Å². The molecule has 0 atom stereocenters. The van der Waals surface area contributed by atoms with E-state index in [4.69, 9.17) is 9.47 Å². The van der Waals surface area contributed by atoms with E-state index in [0.29, 0.717) is 18.8 Å². The second-order valence-electron chi connectivity index (χ2n) is 6.02. The van der Waals surface area contributed by atoms with Gasteiger partial charge in [0.05, 0.1) is 7.11 Å². The predicted molar refractivity (Wildman–Crippen MR) is 112 cm³/mol. The lowest BCUT2D eigenvalue weighted by Crippen LogP contribution is -2.25. The molecule has 2 aromatic carbocycles. The zero-order valence-electron chi connectivity index (χ0n) is 15.7. The lowest BCUT2D eigenvalue weighted by atomic mass is 10.1. The van der Waals surface area contributed by atoms with Crippen molar-refractivity contribution >= 4 is 17.2 Å². The Morgan fingerprint density at radius 1 is 1.21 bits per heavy atom. The van der Waals surface area contributed by atoms with E-state index in [0.717, 1.165) is 34.1 Å². The maximum Gasteiger partial charge on any atom is 0.270 e. The number of benzene rings is 2. The average Bonchev–Trinajstić information content (AvgIpc) is 3.23. The molecule has 0 bridgehead atoms. The van der Waals surface area contributed by atoms with Gasteiger partial charge in [-0.1, -0.05) is 36.9 Å². The summed E-state index contributed by atoms with van der Waals surface area (Å²) < 4.78 is 10.7. The number of hydrogen-bond acceptors (Lipinski definition) is 5. The minimum Gasteiger partial charge on any atom is -0.497 e. The van der Waals surface area contributed by atoms with Crippen LogP contribution >= 0.6 is 11.3 Å². The van der Waals surface area contributed by atoms with E-state index in [9.17, 15) is 4.79 Å². The molecule has 1 amide bonds. The molecule has 0 aliphatic rings. The van der Waals surface area contributed by atoms with Crippen LogP contribution in [0.15, 0.2) is 66.6 Å². The molecule has 28 heavy (non-hydrogen) atoms. The Hall–Kier alpha value is -3.12.